The van der Waals surface area contributed by atoms with Crippen molar-refractivity contribution in [1.29, 1.82) is 0 Å². The molecule has 0 radical (unpaired) electrons. The van der Waals surface area contributed by atoms with Crippen LogP contribution in [0, 0.1) is 16.0 Å². The van der Waals surface area contributed by atoms with Crippen molar-refractivity contribution in [1.82, 2.24) is 15.3 Å². The fourth-order valence-corrected chi connectivity index (χ4v) is 2.98. The summed E-state index contributed by atoms with van der Waals surface area (Å²) >= 11 is 0. The van der Waals surface area contributed by atoms with E-state index in [9.17, 15) is 19.7 Å². The summed E-state index contributed by atoms with van der Waals surface area (Å²) in [6.07, 6.45) is 0. The highest BCUT2D eigenvalue weighted by molar-refractivity contribution is 5.99. The number of nitro groups is 1. The summed E-state index contributed by atoms with van der Waals surface area (Å²) in [5, 5.41) is 14.0. The van der Waals surface area contributed by atoms with Gasteiger partial charge in [-0.3, -0.25) is 14.9 Å². The van der Waals surface area contributed by atoms with Crippen LogP contribution in [0.1, 0.15) is 46.4 Å². The zero-order valence-corrected chi connectivity index (χ0v) is 16.1. The molecule has 0 saturated carbocycles. The predicted molar refractivity (Wildman–Crippen MR) is 106 cm³/mol. The van der Waals surface area contributed by atoms with Gasteiger partial charge in [0, 0.05) is 17.7 Å². The van der Waals surface area contributed by atoms with E-state index in [4.69, 9.17) is 0 Å². The number of aromatic amines is 1. The van der Waals surface area contributed by atoms with Crippen LogP contribution in [0.5, 0.6) is 0 Å². The lowest BCUT2D eigenvalue weighted by molar-refractivity contribution is -0.384. The number of rotatable bonds is 6. The number of nitro benzene ring substituents is 1. The lowest BCUT2D eigenvalue weighted by Crippen LogP contribution is -2.32. The van der Waals surface area contributed by atoms with Crippen molar-refractivity contribution in [2.24, 2.45) is 5.92 Å². The molecule has 3 aromatic rings. The number of aromatic nitrogens is 2. The van der Waals surface area contributed by atoms with Gasteiger partial charge in [-0.25, -0.2) is 9.78 Å². The quantitative estimate of drug-likeness (QED) is 0.373. The maximum absolute atomic E-state index is 12.9. The fraction of sp³-hybridized carbons (Fsp3) is 0.250. The zero-order chi connectivity index (χ0) is 21.1. The van der Waals surface area contributed by atoms with Crippen molar-refractivity contribution in [3.8, 4) is 0 Å². The number of esters is 1. The van der Waals surface area contributed by atoms with E-state index in [2.05, 4.69) is 20.0 Å². The molecule has 9 nitrogen and oxygen atoms in total. The normalized spacial score (nSPS) is 12.0. The number of imidazole rings is 1. The molecule has 1 aromatic heterocycles. The first-order valence-electron chi connectivity index (χ1n) is 8.93. The molecular weight excluding hydrogens is 376 g/mol. The summed E-state index contributed by atoms with van der Waals surface area (Å²) in [5.41, 5.74) is 1.15. The number of hydrogen-bond acceptors (Lipinski definition) is 6. The summed E-state index contributed by atoms with van der Waals surface area (Å²) in [4.78, 5) is 42.9. The summed E-state index contributed by atoms with van der Waals surface area (Å²) in [7, 11) is 1.16. The van der Waals surface area contributed by atoms with Gasteiger partial charge in [0.05, 0.1) is 34.7 Å². The van der Waals surface area contributed by atoms with Gasteiger partial charge in [0.1, 0.15) is 5.82 Å². The van der Waals surface area contributed by atoms with Crippen LogP contribution in [0.15, 0.2) is 42.5 Å². The molecule has 0 saturated heterocycles. The van der Waals surface area contributed by atoms with Crippen molar-refractivity contribution in [2.45, 2.75) is 19.9 Å². The first kappa shape index (κ1) is 20.0. The van der Waals surface area contributed by atoms with E-state index in [1.54, 1.807) is 0 Å². The summed E-state index contributed by atoms with van der Waals surface area (Å²) in [6.45, 7) is 3.84. The van der Waals surface area contributed by atoms with Crippen molar-refractivity contribution >= 4 is 28.6 Å². The van der Waals surface area contributed by atoms with Crippen LogP contribution in [0.4, 0.5) is 5.69 Å². The molecule has 2 aromatic carbocycles. The van der Waals surface area contributed by atoms with E-state index < -0.39 is 22.8 Å². The molecule has 0 aliphatic rings. The van der Waals surface area contributed by atoms with Crippen molar-refractivity contribution < 1.29 is 19.2 Å². The minimum Gasteiger partial charge on any atom is -0.465 e. The topological polar surface area (TPSA) is 127 Å². The number of benzene rings is 2. The van der Waals surface area contributed by atoms with E-state index in [0.717, 1.165) is 30.3 Å². The van der Waals surface area contributed by atoms with Gasteiger partial charge >= 0.3 is 5.97 Å². The van der Waals surface area contributed by atoms with Crippen molar-refractivity contribution in [3.63, 3.8) is 0 Å². The maximum Gasteiger partial charge on any atom is 0.338 e. The van der Waals surface area contributed by atoms with E-state index in [0.29, 0.717) is 5.82 Å². The lowest BCUT2D eigenvalue weighted by atomic mass is 10.0. The van der Waals surface area contributed by atoms with Crippen molar-refractivity contribution in [2.75, 3.05) is 7.11 Å². The van der Waals surface area contributed by atoms with Gasteiger partial charge in [0.15, 0.2) is 0 Å². The molecule has 1 unspecified atom stereocenters. The minimum atomic E-state index is -0.763. The van der Waals surface area contributed by atoms with Gasteiger partial charge in [-0.15, -0.1) is 0 Å². The van der Waals surface area contributed by atoms with E-state index in [-0.39, 0.29) is 22.7 Å². The second-order valence-electron chi connectivity index (χ2n) is 6.85. The Kier molecular flexibility index (Phi) is 5.58. The van der Waals surface area contributed by atoms with Gasteiger partial charge in [-0.2, -0.15) is 0 Å². The van der Waals surface area contributed by atoms with E-state index in [1.165, 1.54) is 6.07 Å². The molecule has 1 heterocycles. The van der Waals surface area contributed by atoms with Gasteiger partial charge in [-0.1, -0.05) is 26.0 Å². The second kappa shape index (κ2) is 8.09. The Balaban J connectivity index is 1.95. The number of hydrogen-bond donors (Lipinski definition) is 2. The summed E-state index contributed by atoms with van der Waals surface area (Å²) in [6, 6.07) is 10.5. The number of methoxy groups -OCH3 is 1. The van der Waals surface area contributed by atoms with Crippen LogP contribution in [0.3, 0.4) is 0 Å². The average Bonchev–Trinajstić information content (AvgIpc) is 3.14. The molecule has 150 valence electrons. The van der Waals surface area contributed by atoms with Crippen LogP contribution < -0.4 is 5.32 Å². The third-order valence-corrected chi connectivity index (χ3v) is 4.47. The maximum atomic E-state index is 12.9. The standard InChI is InChI=1S/C20H20N4O5/c1-11(2)17(18-21-15-6-4-5-7-16(15)22-18)23-19(25)12-8-13(20(26)29-3)10-14(9-12)24(27)28/h4-11,17H,1-3H3,(H,21,22)(H,23,25). The first-order valence-corrected chi connectivity index (χ1v) is 8.93. The molecule has 0 bridgehead atoms. The Morgan fingerprint density at radius 1 is 1.17 bits per heavy atom. The Morgan fingerprint density at radius 3 is 2.48 bits per heavy atom. The highest BCUT2D eigenvalue weighted by Gasteiger charge is 2.24. The zero-order valence-electron chi connectivity index (χ0n) is 16.1. The van der Waals surface area contributed by atoms with Crippen LogP contribution in [-0.4, -0.2) is 33.9 Å². The molecule has 3 rings (SSSR count). The smallest absolute Gasteiger partial charge is 0.338 e. The number of nitrogens with zero attached hydrogens (tertiary/aromatic N) is 2. The summed E-state index contributed by atoms with van der Waals surface area (Å²) < 4.78 is 4.62. The molecule has 1 amide bonds. The fourth-order valence-electron chi connectivity index (χ4n) is 2.98. The van der Waals surface area contributed by atoms with E-state index in [1.807, 2.05) is 38.1 Å². The van der Waals surface area contributed by atoms with Gasteiger partial charge < -0.3 is 15.0 Å². The summed E-state index contributed by atoms with van der Waals surface area (Å²) in [5.74, 6) is -0.759. The number of H-pyrrole nitrogens is 1. The molecule has 2 N–H and O–H groups in total. The van der Waals surface area contributed by atoms with Crippen molar-refractivity contribution in [3.05, 3.63) is 69.5 Å². The molecule has 0 fully saturated rings. The Bertz CT molecular complexity index is 1060. The monoisotopic (exact) mass is 396 g/mol. The number of non-ortho nitro benzene ring substituents is 1. The molecule has 9 heteroatoms. The Morgan fingerprint density at radius 2 is 1.86 bits per heavy atom. The number of fused-ring (bicyclic) bond motifs is 1. The Labute approximate surface area is 166 Å². The van der Waals surface area contributed by atoms with Crippen LogP contribution >= 0.6 is 0 Å². The number of nitrogens with one attached hydrogen (secondary N) is 2. The third kappa shape index (κ3) is 4.23. The molecular formula is C20H20N4O5. The number of carbonyl (C=O) groups excluding carboxylic acids is 2. The van der Waals surface area contributed by atoms with Crippen LogP contribution in [0.2, 0.25) is 0 Å². The average molecular weight is 396 g/mol. The van der Waals surface area contributed by atoms with Gasteiger partial charge in [0.2, 0.25) is 0 Å². The second-order valence-corrected chi connectivity index (χ2v) is 6.85. The number of carbonyl (C=O) groups is 2. The molecule has 29 heavy (non-hydrogen) atoms. The largest absolute Gasteiger partial charge is 0.465 e. The Hall–Kier alpha value is -3.75. The SMILES string of the molecule is COC(=O)c1cc(C(=O)NC(c2nc3ccccc3[nH]2)C(C)C)cc([N+](=O)[O-])c1. The molecule has 0 aliphatic carbocycles. The molecule has 1 atom stereocenters. The molecule has 0 spiro atoms. The third-order valence-electron chi connectivity index (χ3n) is 4.47. The highest BCUT2D eigenvalue weighted by atomic mass is 16.6. The molecule has 0 aliphatic heterocycles. The number of para-hydroxylation sites is 2. The van der Waals surface area contributed by atoms with Crippen LogP contribution in [0.25, 0.3) is 11.0 Å². The van der Waals surface area contributed by atoms with Gasteiger partial charge in [0.25, 0.3) is 11.6 Å². The van der Waals surface area contributed by atoms with Gasteiger partial charge in [-0.05, 0) is 24.1 Å². The minimum absolute atomic E-state index is 0.0126. The van der Waals surface area contributed by atoms with Crippen LogP contribution in [-0.2, 0) is 4.74 Å². The first-order chi connectivity index (χ1) is 13.8. The number of ether oxygens (including phenoxy) is 1. The number of amides is 1. The highest BCUT2D eigenvalue weighted by Crippen LogP contribution is 2.24. The predicted octanol–water partition coefficient (Wildman–Crippen LogP) is 3.38. The lowest BCUT2D eigenvalue weighted by Gasteiger charge is -2.20. The van der Waals surface area contributed by atoms with E-state index >= 15 is 0 Å².